The van der Waals surface area contributed by atoms with Gasteiger partial charge in [-0.2, -0.15) is 13.2 Å². The van der Waals surface area contributed by atoms with E-state index in [9.17, 15) is 13.2 Å². The maximum atomic E-state index is 13.1. The molecule has 5 rings (SSSR count). The standard InChI is InChI=1S/C23H29F3N6.CH2O2/c1-2-30-15-22(16-30)7-5-17(14-22)31-10-12-32(13-11-31)20-18(4-3-8-27-20)19-6-9-28-21(29-19)23(24,25)26;2-1-3/h3-4,6,8-9,17H,2,5,7,10-16H2,1H3;1H,(H,2,3). The van der Waals surface area contributed by atoms with Crippen LogP contribution in [0.4, 0.5) is 19.0 Å². The lowest BCUT2D eigenvalue weighted by Gasteiger charge is -2.49. The molecule has 1 unspecified atom stereocenters. The van der Waals surface area contributed by atoms with E-state index in [2.05, 4.69) is 36.6 Å². The van der Waals surface area contributed by atoms with E-state index in [1.165, 1.54) is 38.4 Å². The van der Waals surface area contributed by atoms with Crippen LogP contribution in [-0.4, -0.2) is 88.2 Å². The first kappa shape index (κ1) is 25.3. The average Bonchev–Trinajstić information content (AvgIpc) is 3.29. The summed E-state index contributed by atoms with van der Waals surface area (Å²) < 4.78 is 39.3. The topological polar surface area (TPSA) is 85.7 Å². The Morgan fingerprint density at radius 1 is 1.14 bits per heavy atom. The fourth-order valence-electron chi connectivity index (χ4n) is 5.69. The summed E-state index contributed by atoms with van der Waals surface area (Å²) in [7, 11) is 0. The number of carboxylic acid groups (broad SMARTS) is 1. The van der Waals surface area contributed by atoms with Gasteiger partial charge < -0.3 is 14.9 Å². The maximum absolute atomic E-state index is 13.1. The highest BCUT2D eigenvalue weighted by atomic mass is 19.4. The molecule has 190 valence electrons. The van der Waals surface area contributed by atoms with Gasteiger partial charge in [-0.05, 0) is 49.4 Å². The van der Waals surface area contributed by atoms with Crippen LogP contribution in [-0.2, 0) is 11.0 Å². The molecule has 3 fully saturated rings. The number of pyridine rings is 1. The number of alkyl halides is 3. The number of hydrogen-bond donors (Lipinski definition) is 1. The molecule has 2 aromatic rings. The largest absolute Gasteiger partial charge is 0.483 e. The molecule has 4 heterocycles. The van der Waals surface area contributed by atoms with Crippen molar-refractivity contribution < 1.29 is 23.1 Å². The molecule has 1 aliphatic carbocycles. The van der Waals surface area contributed by atoms with E-state index in [0.29, 0.717) is 22.8 Å². The maximum Gasteiger partial charge on any atom is 0.451 e. The van der Waals surface area contributed by atoms with Gasteiger partial charge in [0.15, 0.2) is 0 Å². The van der Waals surface area contributed by atoms with Gasteiger partial charge in [-0.3, -0.25) is 9.69 Å². The lowest BCUT2D eigenvalue weighted by molar-refractivity contribution is -0.144. The summed E-state index contributed by atoms with van der Waals surface area (Å²) in [5, 5.41) is 6.89. The molecule has 1 saturated carbocycles. The van der Waals surface area contributed by atoms with Crippen molar-refractivity contribution in [1.82, 2.24) is 24.8 Å². The summed E-state index contributed by atoms with van der Waals surface area (Å²) in [6.45, 7) is 9.14. The monoisotopic (exact) mass is 492 g/mol. The molecule has 0 amide bonds. The minimum atomic E-state index is -4.57. The molecule has 1 spiro atoms. The highest BCUT2D eigenvalue weighted by Gasteiger charge is 2.48. The van der Waals surface area contributed by atoms with E-state index in [0.717, 1.165) is 38.9 Å². The number of aromatic nitrogens is 3. The van der Waals surface area contributed by atoms with Crippen LogP contribution in [0.2, 0.25) is 0 Å². The van der Waals surface area contributed by atoms with Gasteiger partial charge in [-0.1, -0.05) is 6.92 Å². The summed E-state index contributed by atoms with van der Waals surface area (Å²) in [6.07, 6.45) is 2.17. The van der Waals surface area contributed by atoms with Crippen molar-refractivity contribution in [3.63, 3.8) is 0 Å². The van der Waals surface area contributed by atoms with Gasteiger partial charge in [0.25, 0.3) is 6.47 Å². The zero-order valence-electron chi connectivity index (χ0n) is 19.8. The van der Waals surface area contributed by atoms with Crippen molar-refractivity contribution >= 4 is 12.3 Å². The Bertz CT molecular complexity index is 1010. The van der Waals surface area contributed by atoms with Crippen LogP contribution in [0.5, 0.6) is 0 Å². The number of likely N-dealkylation sites (tertiary alicyclic amines) is 1. The Balaban J connectivity index is 0.000000917. The fourth-order valence-corrected chi connectivity index (χ4v) is 5.69. The molecule has 0 radical (unpaired) electrons. The predicted octanol–water partition coefficient (Wildman–Crippen LogP) is 3.25. The number of hydrogen-bond acceptors (Lipinski definition) is 7. The molecule has 0 aromatic carbocycles. The van der Waals surface area contributed by atoms with Crippen molar-refractivity contribution in [2.45, 2.75) is 38.4 Å². The zero-order valence-corrected chi connectivity index (χ0v) is 19.8. The van der Waals surface area contributed by atoms with Crippen LogP contribution in [0.3, 0.4) is 0 Å². The van der Waals surface area contributed by atoms with E-state index < -0.39 is 12.0 Å². The molecule has 0 bridgehead atoms. The minimum Gasteiger partial charge on any atom is -0.483 e. The summed E-state index contributed by atoms with van der Waals surface area (Å²) in [6, 6.07) is 5.69. The number of nitrogens with zero attached hydrogens (tertiary/aromatic N) is 6. The molecule has 1 N–H and O–H groups in total. The second-order valence-electron chi connectivity index (χ2n) is 9.47. The van der Waals surface area contributed by atoms with Gasteiger partial charge in [-0.25, -0.2) is 15.0 Å². The zero-order chi connectivity index (χ0) is 25.1. The fraction of sp³-hybridized carbons (Fsp3) is 0.583. The van der Waals surface area contributed by atoms with E-state index >= 15 is 0 Å². The lowest BCUT2D eigenvalue weighted by atomic mass is 9.78. The predicted molar refractivity (Wildman–Crippen MR) is 125 cm³/mol. The SMILES string of the molecule is CCN1CC2(CCC(N3CCN(c4ncccc4-c4ccnc(C(F)(F)F)n4)CC3)C2)C1.O=CO. The quantitative estimate of drug-likeness (QED) is 0.651. The third-order valence-electron chi connectivity index (χ3n) is 7.34. The van der Waals surface area contributed by atoms with Crippen LogP contribution in [0.25, 0.3) is 11.3 Å². The third kappa shape index (κ3) is 5.56. The molecular weight excluding hydrogens is 461 g/mol. The van der Waals surface area contributed by atoms with E-state index in [1.807, 2.05) is 0 Å². The van der Waals surface area contributed by atoms with Crippen LogP contribution < -0.4 is 4.90 Å². The highest BCUT2D eigenvalue weighted by molar-refractivity contribution is 5.73. The number of anilines is 1. The van der Waals surface area contributed by atoms with Gasteiger partial charge in [0.2, 0.25) is 5.82 Å². The molecule has 1 atom stereocenters. The van der Waals surface area contributed by atoms with Crippen molar-refractivity contribution in [2.24, 2.45) is 5.41 Å². The molecular formula is C24H31F3N6O2. The first-order chi connectivity index (χ1) is 16.8. The Labute approximate surface area is 202 Å². The molecule has 3 aliphatic rings. The van der Waals surface area contributed by atoms with Crippen molar-refractivity contribution in [1.29, 1.82) is 0 Å². The van der Waals surface area contributed by atoms with Crippen LogP contribution in [0.15, 0.2) is 30.6 Å². The smallest absolute Gasteiger partial charge is 0.451 e. The molecule has 2 aliphatic heterocycles. The Kier molecular flexibility index (Phi) is 7.56. The number of piperazine rings is 1. The molecule has 8 nitrogen and oxygen atoms in total. The molecule has 11 heteroatoms. The van der Waals surface area contributed by atoms with Crippen molar-refractivity contribution in [3.8, 4) is 11.3 Å². The summed E-state index contributed by atoms with van der Waals surface area (Å²) in [5.41, 5.74) is 1.40. The molecule has 2 aromatic heterocycles. The first-order valence-corrected chi connectivity index (χ1v) is 11.9. The van der Waals surface area contributed by atoms with Crippen molar-refractivity contribution in [2.75, 3.05) is 50.7 Å². The van der Waals surface area contributed by atoms with Crippen molar-refractivity contribution in [3.05, 3.63) is 36.4 Å². The number of carbonyl (C=O) groups is 1. The molecule has 2 saturated heterocycles. The van der Waals surface area contributed by atoms with Gasteiger partial charge in [0.05, 0.1) is 5.69 Å². The summed E-state index contributed by atoms with van der Waals surface area (Å²) in [5.74, 6) is -0.429. The van der Waals surface area contributed by atoms with Gasteiger partial charge in [0, 0.05) is 63.3 Å². The van der Waals surface area contributed by atoms with Gasteiger partial charge in [0.1, 0.15) is 5.82 Å². The van der Waals surface area contributed by atoms with E-state index in [-0.39, 0.29) is 12.2 Å². The van der Waals surface area contributed by atoms with Gasteiger partial charge in [-0.15, -0.1) is 0 Å². The number of rotatable bonds is 4. The minimum absolute atomic E-state index is 0.250. The first-order valence-electron chi connectivity index (χ1n) is 11.9. The molecule has 35 heavy (non-hydrogen) atoms. The second-order valence-corrected chi connectivity index (χ2v) is 9.47. The van der Waals surface area contributed by atoms with Crippen LogP contribution in [0.1, 0.15) is 32.0 Å². The number of halogens is 3. The Hall–Kier alpha value is -2.79. The van der Waals surface area contributed by atoms with Crippen LogP contribution >= 0.6 is 0 Å². The Morgan fingerprint density at radius 3 is 2.51 bits per heavy atom. The van der Waals surface area contributed by atoms with E-state index in [4.69, 9.17) is 9.90 Å². The normalized spacial score (nSPS) is 22.4. The second kappa shape index (κ2) is 10.4. The van der Waals surface area contributed by atoms with E-state index in [1.54, 1.807) is 18.3 Å². The van der Waals surface area contributed by atoms with Crippen LogP contribution in [0, 0.1) is 5.41 Å². The Morgan fingerprint density at radius 2 is 1.86 bits per heavy atom. The van der Waals surface area contributed by atoms with Gasteiger partial charge >= 0.3 is 6.18 Å². The summed E-state index contributed by atoms with van der Waals surface area (Å²) in [4.78, 5) is 27.3. The average molecular weight is 493 g/mol. The lowest BCUT2D eigenvalue weighted by Crippen LogP contribution is -2.56. The highest BCUT2D eigenvalue weighted by Crippen LogP contribution is 2.47. The summed E-state index contributed by atoms with van der Waals surface area (Å²) >= 11 is 0. The third-order valence-corrected chi connectivity index (χ3v) is 7.34.